The molecule has 0 aliphatic heterocycles. The van der Waals surface area contributed by atoms with Crippen LogP contribution in [-0.4, -0.2) is 32.4 Å². The van der Waals surface area contributed by atoms with Crippen molar-refractivity contribution in [1.29, 1.82) is 0 Å². The van der Waals surface area contributed by atoms with Crippen LogP contribution >= 0.6 is 0 Å². The SMILES string of the molecule is O=C(/C=C/c1ccc(O)c(O)c1)OCc1ccccc1COC(=O)/C=C/c1ccc(O)c(O)c1. The molecule has 3 aromatic rings. The minimum Gasteiger partial charge on any atom is -0.504 e. The number of phenols is 4. The highest BCUT2D eigenvalue weighted by molar-refractivity contribution is 5.87. The van der Waals surface area contributed by atoms with E-state index < -0.39 is 11.9 Å². The van der Waals surface area contributed by atoms with Gasteiger partial charge in [0.1, 0.15) is 13.2 Å². The summed E-state index contributed by atoms with van der Waals surface area (Å²) in [6, 6.07) is 15.3. The quantitative estimate of drug-likeness (QED) is 0.224. The van der Waals surface area contributed by atoms with Gasteiger partial charge in [0.05, 0.1) is 0 Å². The number of carbonyl (C=O) groups excluding carboxylic acids is 2. The Morgan fingerprint density at radius 3 is 1.41 bits per heavy atom. The minimum absolute atomic E-state index is 0.0413. The van der Waals surface area contributed by atoms with Crippen LogP contribution in [0.1, 0.15) is 22.3 Å². The Morgan fingerprint density at radius 2 is 1.03 bits per heavy atom. The van der Waals surface area contributed by atoms with E-state index in [1.165, 1.54) is 60.7 Å². The molecule has 4 N–H and O–H groups in total. The van der Waals surface area contributed by atoms with E-state index in [0.717, 1.165) is 0 Å². The number of benzene rings is 3. The molecule has 0 heterocycles. The van der Waals surface area contributed by atoms with E-state index in [0.29, 0.717) is 22.3 Å². The zero-order valence-electron chi connectivity index (χ0n) is 17.9. The monoisotopic (exact) mass is 462 g/mol. The molecular weight excluding hydrogens is 440 g/mol. The fourth-order valence-electron chi connectivity index (χ4n) is 2.85. The molecule has 0 unspecified atom stereocenters. The van der Waals surface area contributed by atoms with Crippen LogP contribution in [0.5, 0.6) is 23.0 Å². The molecule has 0 bridgehead atoms. The third-order valence-electron chi connectivity index (χ3n) is 4.68. The van der Waals surface area contributed by atoms with Crippen molar-refractivity contribution in [3.63, 3.8) is 0 Å². The maximum Gasteiger partial charge on any atom is 0.331 e. The van der Waals surface area contributed by atoms with Crippen LogP contribution in [0.15, 0.2) is 72.8 Å². The molecule has 8 heteroatoms. The summed E-state index contributed by atoms with van der Waals surface area (Å²) in [4.78, 5) is 24.1. The number of rotatable bonds is 8. The van der Waals surface area contributed by atoms with Crippen LogP contribution < -0.4 is 0 Å². The summed E-state index contributed by atoms with van der Waals surface area (Å²) in [5.74, 6) is -2.33. The zero-order chi connectivity index (χ0) is 24.5. The van der Waals surface area contributed by atoms with Gasteiger partial charge in [-0.05, 0) is 58.7 Å². The zero-order valence-corrected chi connectivity index (χ0v) is 17.9. The fraction of sp³-hybridized carbons (Fsp3) is 0.0769. The van der Waals surface area contributed by atoms with Gasteiger partial charge in [-0.3, -0.25) is 0 Å². The van der Waals surface area contributed by atoms with Gasteiger partial charge in [0.15, 0.2) is 23.0 Å². The molecule has 34 heavy (non-hydrogen) atoms. The number of esters is 2. The molecule has 3 aromatic carbocycles. The summed E-state index contributed by atoms with van der Waals surface area (Å²) in [5.41, 5.74) is 2.34. The lowest BCUT2D eigenvalue weighted by Gasteiger charge is -2.09. The second kappa shape index (κ2) is 11.2. The van der Waals surface area contributed by atoms with Crippen molar-refractivity contribution in [2.75, 3.05) is 0 Å². The molecular formula is C26H22O8. The van der Waals surface area contributed by atoms with E-state index in [4.69, 9.17) is 9.47 Å². The van der Waals surface area contributed by atoms with E-state index in [1.54, 1.807) is 24.3 Å². The van der Waals surface area contributed by atoms with Gasteiger partial charge in [0.2, 0.25) is 0 Å². The first-order valence-electron chi connectivity index (χ1n) is 10.1. The predicted molar refractivity (Wildman–Crippen MR) is 124 cm³/mol. The predicted octanol–water partition coefficient (Wildman–Crippen LogP) is 4.02. The van der Waals surface area contributed by atoms with Gasteiger partial charge in [-0.2, -0.15) is 0 Å². The number of phenolic OH excluding ortho intramolecular Hbond substituents is 4. The number of ether oxygens (including phenoxy) is 2. The van der Waals surface area contributed by atoms with Crippen molar-refractivity contribution in [3.05, 3.63) is 95.1 Å². The lowest BCUT2D eigenvalue weighted by molar-refractivity contribution is -0.140. The Hall–Kier alpha value is -4.72. The van der Waals surface area contributed by atoms with Gasteiger partial charge in [0.25, 0.3) is 0 Å². The normalized spacial score (nSPS) is 11.1. The minimum atomic E-state index is -0.612. The summed E-state index contributed by atoms with van der Waals surface area (Å²) < 4.78 is 10.5. The maximum absolute atomic E-state index is 12.0. The molecule has 174 valence electrons. The first-order valence-corrected chi connectivity index (χ1v) is 10.1. The molecule has 8 nitrogen and oxygen atoms in total. The lowest BCUT2D eigenvalue weighted by Crippen LogP contribution is -2.06. The molecule has 3 rings (SSSR count). The standard InChI is InChI=1S/C26H22O8/c27-21-9-5-17(13-23(21)29)7-11-25(31)33-15-19-3-1-2-4-20(19)16-34-26(32)12-8-18-6-10-22(28)24(30)14-18/h1-14,27-30H,15-16H2/b11-7+,12-8+. The van der Waals surface area contributed by atoms with E-state index in [1.807, 2.05) is 0 Å². The summed E-state index contributed by atoms with van der Waals surface area (Å²) in [6.07, 6.45) is 5.27. The average molecular weight is 462 g/mol. The summed E-state index contributed by atoms with van der Waals surface area (Å²) >= 11 is 0. The third-order valence-corrected chi connectivity index (χ3v) is 4.68. The Balaban J connectivity index is 1.53. The van der Waals surface area contributed by atoms with E-state index >= 15 is 0 Å². The van der Waals surface area contributed by atoms with Gasteiger partial charge in [-0.1, -0.05) is 36.4 Å². The van der Waals surface area contributed by atoms with Gasteiger partial charge >= 0.3 is 11.9 Å². The molecule has 0 aliphatic carbocycles. The van der Waals surface area contributed by atoms with Crippen molar-refractivity contribution in [3.8, 4) is 23.0 Å². The lowest BCUT2D eigenvalue weighted by atomic mass is 10.1. The number of aromatic hydroxyl groups is 4. The van der Waals surface area contributed by atoms with Crippen molar-refractivity contribution in [2.24, 2.45) is 0 Å². The van der Waals surface area contributed by atoms with E-state index in [-0.39, 0.29) is 36.2 Å². The van der Waals surface area contributed by atoms with Crippen LogP contribution in [0, 0.1) is 0 Å². The number of carbonyl (C=O) groups is 2. The molecule has 0 amide bonds. The Labute approximate surface area is 195 Å². The highest BCUT2D eigenvalue weighted by Gasteiger charge is 2.07. The molecule has 0 spiro atoms. The van der Waals surface area contributed by atoms with Crippen LogP contribution in [-0.2, 0) is 32.3 Å². The van der Waals surface area contributed by atoms with Crippen LogP contribution in [0.25, 0.3) is 12.2 Å². The van der Waals surface area contributed by atoms with Crippen molar-refractivity contribution >= 4 is 24.1 Å². The smallest absolute Gasteiger partial charge is 0.331 e. The van der Waals surface area contributed by atoms with E-state index in [9.17, 15) is 30.0 Å². The Bertz CT molecular complexity index is 1150. The third kappa shape index (κ3) is 6.89. The molecule has 0 saturated heterocycles. The molecule has 0 saturated carbocycles. The average Bonchev–Trinajstić information content (AvgIpc) is 2.83. The first kappa shape index (κ1) is 23.9. The molecule has 0 radical (unpaired) electrons. The van der Waals surface area contributed by atoms with Gasteiger partial charge in [0, 0.05) is 12.2 Å². The van der Waals surface area contributed by atoms with E-state index in [2.05, 4.69) is 0 Å². The second-order valence-electron chi connectivity index (χ2n) is 7.15. The van der Waals surface area contributed by atoms with Crippen molar-refractivity contribution < 1.29 is 39.5 Å². The van der Waals surface area contributed by atoms with Crippen molar-refractivity contribution in [2.45, 2.75) is 13.2 Å². The number of hydrogen-bond donors (Lipinski definition) is 4. The molecule has 0 aliphatic rings. The second-order valence-corrected chi connectivity index (χ2v) is 7.15. The molecule has 0 fully saturated rings. The van der Waals surface area contributed by atoms with Gasteiger partial charge < -0.3 is 29.9 Å². The largest absolute Gasteiger partial charge is 0.504 e. The van der Waals surface area contributed by atoms with Crippen LogP contribution in [0.2, 0.25) is 0 Å². The molecule has 0 aromatic heterocycles. The summed E-state index contributed by atoms with van der Waals surface area (Å²) in [7, 11) is 0. The van der Waals surface area contributed by atoms with Gasteiger partial charge in [-0.25, -0.2) is 9.59 Å². The Kier molecular flexibility index (Phi) is 7.91. The fourth-order valence-corrected chi connectivity index (χ4v) is 2.85. The number of hydrogen-bond acceptors (Lipinski definition) is 8. The Morgan fingerprint density at radius 1 is 0.618 bits per heavy atom. The topological polar surface area (TPSA) is 134 Å². The highest BCUT2D eigenvalue weighted by Crippen LogP contribution is 2.26. The highest BCUT2D eigenvalue weighted by atomic mass is 16.5. The summed E-state index contributed by atoms with van der Waals surface area (Å²) in [6.45, 7) is -0.0826. The first-order chi connectivity index (χ1) is 16.3. The molecule has 0 atom stereocenters. The van der Waals surface area contributed by atoms with Crippen LogP contribution in [0.4, 0.5) is 0 Å². The maximum atomic E-state index is 12.0. The van der Waals surface area contributed by atoms with Gasteiger partial charge in [-0.15, -0.1) is 0 Å². The van der Waals surface area contributed by atoms with Crippen molar-refractivity contribution in [1.82, 2.24) is 0 Å². The van der Waals surface area contributed by atoms with Crippen LogP contribution in [0.3, 0.4) is 0 Å². The summed E-state index contributed by atoms with van der Waals surface area (Å²) in [5, 5.41) is 37.6.